The molecule has 142 valence electrons. The fourth-order valence-corrected chi connectivity index (χ4v) is 7.69. The van der Waals surface area contributed by atoms with Gasteiger partial charge < -0.3 is 4.52 Å². The average molecular weight is 379 g/mol. The second-order valence-corrected chi connectivity index (χ2v) is 10.0. The minimum atomic E-state index is -0.750. The number of hydrogen-bond donors (Lipinski definition) is 0. The molecule has 1 heterocycles. The van der Waals surface area contributed by atoms with Crippen LogP contribution in [0.15, 0.2) is 48.5 Å². The SMILES string of the molecule is c1ccc2c(c1)OP(N(C1CCCCC1)C1CCCCC1)c1ccccc1-2. The summed E-state index contributed by atoms with van der Waals surface area (Å²) < 4.78 is 9.70. The first-order chi connectivity index (χ1) is 13.4. The molecule has 3 aliphatic rings. The maximum absolute atomic E-state index is 6.82. The van der Waals surface area contributed by atoms with Crippen LogP contribution in [0.25, 0.3) is 11.1 Å². The Kier molecular flexibility index (Phi) is 5.21. The summed E-state index contributed by atoms with van der Waals surface area (Å²) in [5, 5.41) is 1.43. The second-order valence-electron chi connectivity index (χ2n) is 8.34. The quantitative estimate of drug-likeness (QED) is 0.554. The zero-order valence-electron chi connectivity index (χ0n) is 16.1. The highest BCUT2D eigenvalue weighted by Crippen LogP contribution is 2.54. The maximum atomic E-state index is 6.82. The molecular formula is C24H30NOP. The summed E-state index contributed by atoms with van der Waals surface area (Å²) in [5.74, 6) is 1.08. The van der Waals surface area contributed by atoms with E-state index in [0.717, 1.165) is 5.75 Å². The number of hydrogen-bond acceptors (Lipinski definition) is 2. The predicted molar refractivity (Wildman–Crippen MR) is 115 cm³/mol. The van der Waals surface area contributed by atoms with Gasteiger partial charge in [0.15, 0.2) is 8.30 Å². The van der Waals surface area contributed by atoms with Crippen molar-refractivity contribution in [2.75, 3.05) is 0 Å². The van der Waals surface area contributed by atoms with Gasteiger partial charge in [-0.3, -0.25) is 0 Å². The van der Waals surface area contributed by atoms with E-state index in [2.05, 4.69) is 53.2 Å². The summed E-state index contributed by atoms with van der Waals surface area (Å²) in [7, 11) is -0.750. The van der Waals surface area contributed by atoms with E-state index in [1.807, 2.05) is 0 Å². The van der Waals surface area contributed by atoms with Gasteiger partial charge in [-0.1, -0.05) is 74.9 Å². The number of rotatable bonds is 3. The molecule has 2 aliphatic carbocycles. The summed E-state index contributed by atoms with van der Waals surface area (Å²) in [6, 6.07) is 19.0. The van der Waals surface area contributed by atoms with Crippen molar-refractivity contribution in [3.05, 3.63) is 48.5 Å². The van der Waals surface area contributed by atoms with Crippen molar-refractivity contribution in [3.63, 3.8) is 0 Å². The summed E-state index contributed by atoms with van der Waals surface area (Å²) >= 11 is 0. The number of nitrogens with zero attached hydrogens (tertiary/aromatic N) is 1. The first kappa shape index (κ1) is 17.7. The Bertz CT molecular complexity index is 761. The van der Waals surface area contributed by atoms with Gasteiger partial charge in [-0.15, -0.1) is 0 Å². The van der Waals surface area contributed by atoms with Crippen molar-refractivity contribution in [2.45, 2.75) is 76.3 Å². The van der Waals surface area contributed by atoms with Crippen LogP contribution in [-0.4, -0.2) is 16.8 Å². The minimum Gasteiger partial charge on any atom is -0.453 e. The van der Waals surface area contributed by atoms with Crippen molar-refractivity contribution < 1.29 is 4.52 Å². The van der Waals surface area contributed by atoms with E-state index in [9.17, 15) is 0 Å². The van der Waals surface area contributed by atoms with Gasteiger partial charge in [0.2, 0.25) is 0 Å². The highest BCUT2D eigenvalue weighted by molar-refractivity contribution is 7.59. The standard InChI is InChI=1S/C24H30NOP/c1-3-11-19(12-4-1)25(20-13-5-2-6-14-20)27-24-18-10-8-16-22(24)21-15-7-9-17-23(21)26-27/h7-10,15-20H,1-6,11-14H2. The molecule has 3 heteroatoms. The molecule has 27 heavy (non-hydrogen) atoms. The number of fused-ring (bicyclic) bond motifs is 3. The lowest BCUT2D eigenvalue weighted by Crippen LogP contribution is -2.45. The van der Waals surface area contributed by atoms with Gasteiger partial charge in [0, 0.05) is 23.0 Å². The Labute approximate surface area is 164 Å². The molecule has 0 amide bonds. The molecule has 1 atom stereocenters. The molecule has 0 spiro atoms. The third-order valence-corrected chi connectivity index (χ3v) is 8.82. The first-order valence-electron chi connectivity index (χ1n) is 10.9. The third-order valence-electron chi connectivity index (χ3n) is 6.58. The van der Waals surface area contributed by atoms with Crippen LogP contribution in [0.3, 0.4) is 0 Å². The molecule has 1 unspecified atom stereocenters. The van der Waals surface area contributed by atoms with E-state index in [1.165, 1.54) is 80.6 Å². The molecule has 5 rings (SSSR count). The summed E-state index contributed by atoms with van der Waals surface area (Å²) in [5.41, 5.74) is 2.65. The monoisotopic (exact) mass is 379 g/mol. The third kappa shape index (κ3) is 3.43. The molecule has 0 aromatic heterocycles. The zero-order valence-corrected chi connectivity index (χ0v) is 17.0. The molecule has 1 aliphatic heterocycles. The summed E-state index contributed by atoms with van der Waals surface area (Å²) in [6.45, 7) is 0. The lowest BCUT2D eigenvalue weighted by molar-refractivity contribution is 0.169. The van der Waals surface area contributed by atoms with Crippen LogP contribution in [0.1, 0.15) is 64.2 Å². The molecule has 2 nitrogen and oxygen atoms in total. The molecule has 0 bridgehead atoms. The van der Waals surface area contributed by atoms with Gasteiger partial charge in [-0.25, -0.2) is 4.67 Å². The van der Waals surface area contributed by atoms with E-state index in [0.29, 0.717) is 12.1 Å². The van der Waals surface area contributed by atoms with Crippen molar-refractivity contribution in [3.8, 4) is 16.9 Å². The highest BCUT2D eigenvalue weighted by Gasteiger charge is 2.40. The van der Waals surface area contributed by atoms with E-state index in [1.54, 1.807) is 0 Å². The minimum absolute atomic E-state index is 0.700. The van der Waals surface area contributed by atoms with Crippen LogP contribution < -0.4 is 9.83 Å². The lowest BCUT2D eigenvalue weighted by atomic mass is 9.91. The van der Waals surface area contributed by atoms with Crippen LogP contribution in [0, 0.1) is 0 Å². The number of benzene rings is 2. The van der Waals surface area contributed by atoms with Crippen molar-refractivity contribution in [1.82, 2.24) is 4.67 Å². The van der Waals surface area contributed by atoms with E-state index >= 15 is 0 Å². The summed E-state index contributed by atoms with van der Waals surface area (Å²) in [6.07, 6.45) is 13.8. The normalized spacial score (nSPS) is 23.5. The van der Waals surface area contributed by atoms with Gasteiger partial charge in [0.1, 0.15) is 5.75 Å². The molecular weight excluding hydrogens is 349 g/mol. The molecule has 0 saturated heterocycles. The molecule has 0 radical (unpaired) electrons. The molecule has 2 fully saturated rings. The summed E-state index contributed by atoms with van der Waals surface area (Å²) in [4.78, 5) is 0. The molecule has 0 N–H and O–H groups in total. The first-order valence-corrected chi connectivity index (χ1v) is 12.1. The smallest absolute Gasteiger partial charge is 0.198 e. The van der Waals surface area contributed by atoms with Gasteiger partial charge in [0.25, 0.3) is 0 Å². The predicted octanol–water partition coefficient (Wildman–Crippen LogP) is 6.65. The van der Waals surface area contributed by atoms with Crippen LogP contribution in [-0.2, 0) is 0 Å². The topological polar surface area (TPSA) is 12.5 Å². The second kappa shape index (κ2) is 7.94. The Morgan fingerprint density at radius 2 is 1.22 bits per heavy atom. The Morgan fingerprint density at radius 1 is 0.667 bits per heavy atom. The van der Waals surface area contributed by atoms with Gasteiger partial charge in [-0.2, -0.15) is 0 Å². The van der Waals surface area contributed by atoms with Gasteiger partial charge >= 0.3 is 0 Å². The van der Waals surface area contributed by atoms with Crippen LogP contribution in [0.2, 0.25) is 0 Å². The van der Waals surface area contributed by atoms with E-state index < -0.39 is 8.30 Å². The zero-order chi connectivity index (χ0) is 18.1. The van der Waals surface area contributed by atoms with Gasteiger partial charge in [0.05, 0.1) is 0 Å². The Morgan fingerprint density at radius 3 is 1.89 bits per heavy atom. The fraction of sp³-hybridized carbons (Fsp3) is 0.500. The highest BCUT2D eigenvalue weighted by atomic mass is 31.2. The van der Waals surface area contributed by atoms with Crippen molar-refractivity contribution in [2.24, 2.45) is 0 Å². The van der Waals surface area contributed by atoms with Gasteiger partial charge in [-0.05, 0) is 43.4 Å². The fourth-order valence-electron chi connectivity index (χ4n) is 5.24. The lowest BCUT2D eigenvalue weighted by Gasteiger charge is -2.46. The van der Waals surface area contributed by atoms with E-state index in [-0.39, 0.29) is 0 Å². The Hall–Kier alpha value is -1.37. The largest absolute Gasteiger partial charge is 0.453 e. The van der Waals surface area contributed by atoms with E-state index in [4.69, 9.17) is 4.52 Å². The molecule has 2 aromatic rings. The number of para-hydroxylation sites is 1. The average Bonchev–Trinajstić information content (AvgIpc) is 2.76. The van der Waals surface area contributed by atoms with Crippen LogP contribution >= 0.6 is 8.30 Å². The maximum Gasteiger partial charge on any atom is 0.198 e. The molecule has 2 aromatic carbocycles. The Balaban J connectivity index is 1.56. The molecule has 2 saturated carbocycles. The van der Waals surface area contributed by atoms with Crippen LogP contribution in [0.5, 0.6) is 5.75 Å². The van der Waals surface area contributed by atoms with Crippen molar-refractivity contribution >= 4 is 13.6 Å². The van der Waals surface area contributed by atoms with Crippen LogP contribution in [0.4, 0.5) is 0 Å². The van der Waals surface area contributed by atoms with Crippen molar-refractivity contribution in [1.29, 1.82) is 0 Å².